The van der Waals surface area contributed by atoms with Gasteiger partial charge in [-0.05, 0) is 44.2 Å². The van der Waals surface area contributed by atoms with Gasteiger partial charge in [0, 0.05) is 24.2 Å². The fourth-order valence-electron chi connectivity index (χ4n) is 3.30. The average Bonchev–Trinajstić information content (AvgIpc) is 3.10. The first-order valence-corrected chi connectivity index (χ1v) is 8.66. The van der Waals surface area contributed by atoms with E-state index in [4.69, 9.17) is 8.83 Å². The van der Waals surface area contributed by atoms with Crippen LogP contribution in [0.15, 0.2) is 62.2 Å². The van der Waals surface area contributed by atoms with Crippen molar-refractivity contribution in [2.24, 2.45) is 0 Å². The first-order valence-electron chi connectivity index (χ1n) is 8.66. The Morgan fingerprint density at radius 3 is 2.38 bits per heavy atom. The molecule has 132 valence electrons. The Morgan fingerprint density at radius 1 is 0.923 bits per heavy atom. The molecule has 0 fully saturated rings. The molecule has 0 aliphatic rings. The minimum absolute atomic E-state index is 0.0513. The van der Waals surface area contributed by atoms with E-state index in [-0.39, 0.29) is 5.76 Å². The Hall–Kier alpha value is -3.21. The summed E-state index contributed by atoms with van der Waals surface area (Å²) in [7, 11) is 0. The average molecular weight is 349 g/mol. The fraction of sp³-hybridized carbons (Fsp3) is 0.190. The highest BCUT2D eigenvalue weighted by atomic mass is 16.4. The van der Waals surface area contributed by atoms with Crippen LogP contribution in [-0.4, -0.2) is 18.2 Å². The van der Waals surface area contributed by atoms with Crippen LogP contribution in [0.25, 0.3) is 33.5 Å². The standard InChI is InChI=1S/C21H19NO4/c1-3-22(4-2)15-9-7-11-17-14(15)12-18(25-17)21-20(24)19(23)13-8-5-6-10-16(13)26-21/h5-12,24H,3-4H2,1-2H3. The van der Waals surface area contributed by atoms with Gasteiger partial charge in [0.05, 0.1) is 5.39 Å². The Kier molecular flexibility index (Phi) is 3.92. The van der Waals surface area contributed by atoms with Gasteiger partial charge in [0.1, 0.15) is 11.2 Å². The number of rotatable bonds is 4. The molecule has 0 bridgehead atoms. The molecule has 2 aromatic heterocycles. The number of anilines is 1. The minimum Gasteiger partial charge on any atom is -0.501 e. The zero-order chi connectivity index (χ0) is 18.3. The third-order valence-electron chi connectivity index (χ3n) is 4.64. The molecule has 26 heavy (non-hydrogen) atoms. The molecule has 0 atom stereocenters. The van der Waals surface area contributed by atoms with Gasteiger partial charge in [-0.25, -0.2) is 0 Å². The highest BCUT2D eigenvalue weighted by molar-refractivity contribution is 5.94. The monoisotopic (exact) mass is 349 g/mol. The van der Waals surface area contributed by atoms with Crippen molar-refractivity contribution in [3.8, 4) is 17.3 Å². The van der Waals surface area contributed by atoms with E-state index in [0.717, 1.165) is 24.2 Å². The lowest BCUT2D eigenvalue weighted by Crippen LogP contribution is -2.21. The van der Waals surface area contributed by atoms with Gasteiger partial charge < -0.3 is 18.8 Å². The lowest BCUT2D eigenvalue weighted by atomic mass is 10.1. The predicted octanol–water partition coefficient (Wildman–Crippen LogP) is 4.76. The summed E-state index contributed by atoms with van der Waals surface area (Å²) in [6.45, 7) is 5.92. The first-order chi connectivity index (χ1) is 12.6. The number of nitrogens with zero attached hydrogens (tertiary/aromatic N) is 1. The van der Waals surface area contributed by atoms with Gasteiger partial charge in [-0.1, -0.05) is 18.2 Å². The Labute approximate surface area is 150 Å². The van der Waals surface area contributed by atoms with Gasteiger partial charge in [0.25, 0.3) is 0 Å². The van der Waals surface area contributed by atoms with Crippen molar-refractivity contribution in [3.05, 3.63) is 58.8 Å². The maximum Gasteiger partial charge on any atom is 0.235 e. The predicted molar refractivity (Wildman–Crippen MR) is 103 cm³/mol. The number of hydrogen-bond donors (Lipinski definition) is 1. The highest BCUT2D eigenvalue weighted by Gasteiger charge is 2.20. The summed E-state index contributed by atoms with van der Waals surface area (Å²) in [5, 5.41) is 11.6. The molecule has 5 nitrogen and oxygen atoms in total. The number of aromatic hydroxyl groups is 1. The SMILES string of the molecule is CCN(CC)c1cccc2oc(-c3oc4ccccc4c(=O)c3O)cc12. The Morgan fingerprint density at radius 2 is 1.62 bits per heavy atom. The number of hydrogen-bond acceptors (Lipinski definition) is 5. The fourth-order valence-corrected chi connectivity index (χ4v) is 3.30. The molecule has 0 radical (unpaired) electrons. The van der Waals surface area contributed by atoms with Crippen LogP contribution in [0.2, 0.25) is 0 Å². The number of fused-ring (bicyclic) bond motifs is 2. The Bertz CT molecular complexity index is 1150. The van der Waals surface area contributed by atoms with Crippen molar-refractivity contribution >= 4 is 27.6 Å². The van der Waals surface area contributed by atoms with Crippen LogP contribution in [0.5, 0.6) is 5.75 Å². The van der Waals surface area contributed by atoms with Gasteiger partial charge in [-0.2, -0.15) is 0 Å². The van der Waals surface area contributed by atoms with Crippen LogP contribution in [0.1, 0.15) is 13.8 Å². The summed E-state index contributed by atoms with van der Waals surface area (Å²) in [5.41, 5.74) is 1.67. The van der Waals surface area contributed by atoms with Gasteiger partial charge in [0.15, 0.2) is 5.76 Å². The smallest absolute Gasteiger partial charge is 0.235 e. The minimum atomic E-state index is -0.466. The summed E-state index contributed by atoms with van der Waals surface area (Å²) in [6.07, 6.45) is 0. The highest BCUT2D eigenvalue weighted by Crippen LogP contribution is 2.37. The van der Waals surface area contributed by atoms with Crippen LogP contribution in [0, 0.1) is 0 Å². The molecule has 5 heteroatoms. The number of furan rings is 1. The van der Waals surface area contributed by atoms with E-state index < -0.39 is 11.2 Å². The normalized spacial score (nSPS) is 11.3. The molecule has 0 spiro atoms. The van der Waals surface area contributed by atoms with Crippen molar-refractivity contribution in [2.75, 3.05) is 18.0 Å². The molecular weight excluding hydrogens is 330 g/mol. The second-order valence-electron chi connectivity index (χ2n) is 6.08. The second-order valence-corrected chi connectivity index (χ2v) is 6.08. The van der Waals surface area contributed by atoms with Crippen molar-refractivity contribution < 1.29 is 13.9 Å². The molecule has 1 N–H and O–H groups in total. The first kappa shape index (κ1) is 16.3. The van der Waals surface area contributed by atoms with E-state index in [2.05, 4.69) is 18.7 Å². The summed E-state index contributed by atoms with van der Waals surface area (Å²) in [4.78, 5) is 14.7. The summed E-state index contributed by atoms with van der Waals surface area (Å²) < 4.78 is 11.7. The quantitative estimate of drug-likeness (QED) is 0.575. The van der Waals surface area contributed by atoms with Crippen LogP contribution in [0.3, 0.4) is 0 Å². The molecule has 0 saturated carbocycles. The largest absolute Gasteiger partial charge is 0.501 e. The summed E-state index contributed by atoms with van der Waals surface area (Å²) in [6, 6.07) is 14.5. The van der Waals surface area contributed by atoms with Crippen LogP contribution in [0.4, 0.5) is 5.69 Å². The van der Waals surface area contributed by atoms with Crippen molar-refractivity contribution in [3.63, 3.8) is 0 Å². The van der Waals surface area contributed by atoms with Crippen LogP contribution in [-0.2, 0) is 0 Å². The van der Waals surface area contributed by atoms with Gasteiger partial charge >= 0.3 is 0 Å². The third-order valence-corrected chi connectivity index (χ3v) is 4.64. The summed E-state index contributed by atoms with van der Waals surface area (Å²) in [5.74, 6) is -0.0532. The molecule has 0 amide bonds. The molecule has 0 unspecified atom stereocenters. The lowest BCUT2D eigenvalue weighted by Gasteiger charge is -2.21. The van der Waals surface area contributed by atoms with E-state index in [0.29, 0.717) is 22.3 Å². The maximum atomic E-state index is 12.4. The van der Waals surface area contributed by atoms with Gasteiger partial charge in [0.2, 0.25) is 16.9 Å². The molecular formula is C21H19NO4. The van der Waals surface area contributed by atoms with Crippen molar-refractivity contribution in [2.45, 2.75) is 13.8 Å². The van der Waals surface area contributed by atoms with Crippen LogP contribution < -0.4 is 10.3 Å². The zero-order valence-corrected chi connectivity index (χ0v) is 14.7. The van der Waals surface area contributed by atoms with Crippen molar-refractivity contribution in [1.29, 1.82) is 0 Å². The molecule has 0 aliphatic heterocycles. The lowest BCUT2D eigenvalue weighted by molar-refractivity contribution is 0.442. The van der Waals surface area contributed by atoms with Crippen LogP contribution >= 0.6 is 0 Å². The van der Waals surface area contributed by atoms with E-state index in [9.17, 15) is 9.90 Å². The molecule has 0 saturated heterocycles. The molecule has 0 aliphatic carbocycles. The van der Waals surface area contributed by atoms with E-state index in [1.807, 2.05) is 24.3 Å². The second kappa shape index (κ2) is 6.26. The molecule has 2 heterocycles. The number of benzene rings is 2. The number of para-hydroxylation sites is 1. The van der Waals surface area contributed by atoms with E-state index in [1.54, 1.807) is 24.3 Å². The summed E-state index contributed by atoms with van der Waals surface area (Å²) >= 11 is 0. The van der Waals surface area contributed by atoms with Gasteiger partial charge in [-0.3, -0.25) is 4.79 Å². The Balaban J connectivity index is 1.96. The van der Waals surface area contributed by atoms with E-state index in [1.165, 1.54) is 0 Å². The third kappa shape index (κ3) is 2.44. The topological polar surface area (TPSA) is 66.8 Å². The maximum absolute atomic E-state index is 12.4. The zero-order valence-electron chi connectivity index (χ0n) is 14.7. The van der Waals surface area contributed by atoms with Crippen molar-refractivity contribution in [1.82, 2.24) is 0 Å². The molecule has 4 aromatic rings. The molecule has 4 rings (SSSR count). The van der Waals surface area contributed by atoms with Gasteiger partial charge in [-0.15, -0.1) is 0 Å². The van der Waals surface area contributed by atoms with E-state index >= 15 is 0 Å². The molecule has 2 aromatic carbocycles.